The van der Waals surface area contributed by atoms with Gasteiger partial charge in [0.15, 0.2) is 11.6 Å². The average molecular weight is 381 g/mol. The Morgan fingerprint density at radius 2 is 1.85 bits per heavy atom. The van der Waals surface area contributed by atoms with Crippen molar-refractivity contribution < 1.29 is 27.1 Å². The normalized spacial score (nSPS) is 20.1. The van der Waals surface area contributed by atoms with E-state index < -0.39 is 23.6 Å². The number of hydrogen-bond acceptors (Lipinski definition) is 2. The van der Waals surface area contributed by atoms with Gasteiger partial charge in [-0.2, -0.15) is 13.2 Å². The molecular weight excluding hydrogens is 362 g/mol. The fraction of sp³-hybridized carbons (Fsp3) is 0.350. The van der Waals surface area contributed by atoms with Crippen LogP contribution in [0.5, 0.6) is 5.75 Å². The number of alkyl halides is 3. The first-order chi connectivity index (χ1) is 12.7. The Labute approximate surface area is 154 Å². The van der Waals surface area contributed by atoms with Crippen molar-refractivity contribution in [1.82, 2.24) is 5.32 Å². The second-order valence-electron chi connectivity index (χ2n) is 6.69. The highest BCUT2D eigenvalue weighted by atomic mass is 19.4. The maximum Gasteiger partial charge on any atom is 0.416 e. The van der Waals surface area contributed by atoms with Crippen molar-refractivity contribution in [2.45, 2.75) is 31.5 Å². The topological polar surface area (TPSA) is 38.3 Å². The minimum atomic E-state index is -4.37. The summed E-state index contributed by atoms with van der Waals surface area (Å²) in [5.41, 5.74) is 0.614. The lowest BCUT2D eigenvalue weighted by atomic mass is 10.1. The van der Waals surface area contributed by atoms with E-state index in [2.05, 4.69) is 5.32 Å². The minimum absolute atomic E-state index is 0.0907. The number of rotatable bonds is 5. The van der Waals surface area contributed by atoms with Gasteiger partial charge in [0.1, 0.15) is 0 Å². The molecule has 3 nitrogen and oxygen atoms in total. The summed E-state index contributed by atoms with van der Waals surface area (Å²) in [6.07, 6.45) is -3.79. The fourth-order valence-electron chi connectivity index (χ4n) is 3.13. The first-order valence-electron chi connectivity index (χ1n) is 8.51. The van der Waals surface area contributed by atoms with Gasteiger partial charge in [0.2, 0.25) is 5.91 Å². The number of nitrogens with one attached hydrogen (secondary N) is 1. The van der Waals surface area contributed by atoms with Crippen LogP contribution < -0.4 is 10.1 Å². The molecule has 1 saturated carbocycles. The predicted molar refractivity (Wildman–Crippen MR) is 91.8 cm³/mol. The van der Waals surface area contributed by atoms with Crippen LogP contribution >= 0.6 is 0 Å². The minimum Gasteiger partial charge on any atom is -0.494 e. The van der Waals surface area contributed by atoms with Gasteiger partial charge in [0, 0.05) is 5.92 Å². The van der Waals surface area contributed by atoms with Gasteiger partial charge >= 0.3 is 6.18 Å². The average Bonchev–Trinajstić information content (AvgIpc) is 3.42. The Morgan fingerprint density at radius 1 is 1.19 bits per heavy atom. The van der Waals surface area contributed by atoms with Crippen molar-refractivity contribution in [3.05, 3.63) is 65.0 Å². The van der Waals surface area contributed by atoms with E-state index >= 15 is 0 Å². The summed E-state index contributed by atoms with van der Waals surface area (Å²) in [4.78, 5) is 12.4. The predicted octanol–water partition coefficient (Wildman–Crippen LogP) is 4.83. The Morgan fingerprint density at radius 3 is 2.41 bits per heavy atom. The van der Waals surface area contributed by atoms with Gasteiger partial charge in [-0.3, -0.25) is 4.79 Å². The van der Waals surface area contributed by atoms with E-state index in [0.29, 0.717) is 17.5 Å². The Hall–Kier alpha value is -2.57. The van der Waals surface area contributed by atoms with Crippen LogP contribution in [0.15, 0.2) is 42.5 Å². The lowest BCUT2D eigenvalue weighted by Crippen LogP contribution is -2.28. The molecule has 1 fully saturated rings. The third kappa shape index (κ3) is 4.23. The summed E-state index contributed by atoms with van der Waals surface area (Å²) in [5.74, 6) is -0.949. The number of benzene rings is 2. The van der Waals surface area contributed by atoms with E-state index in [9.17, 15) is 22.4 Å². The van der Waals surface area contributed by atoms with Crippen molar-refractivity contribution in [2.24, 2.45) is 5.92 Å². The lowest BCUT2D eigenvalue weighted by Gasteiger charge is -2.15. The summed E-state index contributed by atoms with van der Waals surface area (Å²) in [7, 11) is 1.37. The van der Waals surface area contributed by atoms with E-state index in [1.54, 1.807) is 13.0 Å². The van der Waals surface area contributed by atoms with Crippen molar-refractivity contribution in [2.75, 3.05) is 7.11 Å². The molecule has 27 heavy (non-hydrogen) atoms. The molecule has 0 saturated heterocycles. The Kier molecular flexibility index (Phi) is 5.13. The maximum atomic E-state index is 13.8. The molecule has 144 valence electrons. The van der Waals surface area contributed by atoms with E-state index in [1.165, 1.54) is 31.4 Å². The van der Waals surface area contributed by atoms with Crippen molar-refractivity contribution in [3.8, 4) is 5.75 Å². The maximum absolute atomic E-state index is 13.8. The van der Waals surface area contributed by atoms with Gasteiger partial charge < -0.3 is 10.1 Å². The van der Waals surface area contributed by atoms with Gasteiger partial charge in [-0.1, -0.05) is 18.2 Å². The summed E-state index contributed by atoms with van der Waals surface area (Å²) in [5, 5.41) is 2.83. The summed E-state index contributed by atoms with van der Waals surface area (Å²) < 4.78 is 56.5. The van der Waals surface area contributed by atoms with Crippen LogP contribution in [0.25, 0.3) is 0 Å². The molecule has 3 atom stereocenters. The molecule has 0 heterocycles. The number of halogens is 4. The highest BCUT2D eigenvalue weighted by molar-refractivity contribution is 5.83. The van der Waals surface area contributed by atoms with Crippen LogP contribution in [-0.2, 0) is 11.0 Å². The van der Waals surface area contributed by atoms with Gasteiger partial charge in [-0.25, -0.2) is 4.39 Å². The van der Waals surface area contributed by atoms with Crippen molar-refractivity contribution in [3.63, 3.8) is 0 Å². The summed E-state index contributed by atoms with van der Waals surface area (Å²) >= 11 is 0. The first kappa shape index (κ1) is 19.2. The molecule has 3 unspecified atom stereocenters. The Balaban J connectivity index is 1.60. The highest BCUT2D eigenvalue weighted by Crippen LogP contribution is 2.48. The number of methoxy groups -OCH3 is 1. The second-order valence-corrected chi connectivity index (χ2v) is 6.69. The molecule has 1 amide bonds. The Bertz CT molecular complexity index is 833. The molecule has 1 N–H and O–H groups in total. The molecule has 0 spiro atoms. The molecule has 0 bridgehead atoms. The van der Waals surface area contributed by atoms with E-state index in [-0.39, 0.29) is 23.5 Å². The first-order valence-corrected chi connectivity index (χ1v) is 8.51. The van der Waals surface area contributed by atoms with Crippen LogP contribution in [0.1, 0.15) is 42.0 Å². The van der Waals surface area contributed by atoms with E-state index in [1.807, 2.05) is 0 Å². The van der Waals surface area contributed by atoms with E-state index in [0.717, 1.165) is 12.1 Å². The smallest absolute Gasteiger partial charge is 0.416 e. The quantitative estimate of drug-likeness (QED) is 0.753. The standard InChI is InChI=1S/C20H19F4NO2/c1-11(13-5-8-18(27-2)17(21)9-13)25-19(26)16-10-15(16)12-3-6-14(7-4-12)20(22,23)24/h3-9,11,15-16H,10H2,1-2H3,(H,25,26). The van der Waals surface area contributed by atoms with Gasteiger partial charge in [-0.15, -0.1) is 0 Å². The number of amides is 1. The van der Waals surface area contributed by atoms with Crippen molar-refractivity contribution in [1.29, 1.82) is 0 Å². The third-order valence-corrected chi connectivity index (χ3v) is 4.83. The third-order valence-electron chi connectivity index (χ3n) is 4.83. The summed E-state index contributed by atoms with van der Waals surface area (Å²) in [6, 6.07) is 8.99. The zero-order valence-electron chi connectivity index (χ0n) is 14.8. The largest absolute Gasteiger partial charge is 0.494 e. The lowest BCUT2D eigenvalue weighted by molar-refractivity contribution is -0.137. The molecule has 1 aliphatic rings. The second kappa shape index (κ2) is 7.21. The molecule has 7 heteroatoms. The van der Waals surface area contributed by atoms with Gasteiger partial charge in [0.05, 0.1) is 18.7 Å². The van der Waals surface area contributed by atoms with Crippen LogP contribution in [0.4, 0.5) is 17.6 Å². The van der Waals surface area contributed by atoms with Crippen molar-refractivity contribution >= 4 is 5.91 Å². The zero-order valence-corrected chi connectivity index (χ0v) is 14.8. The zero-order chi connectivity index (χ0) is 19.8. The summed E-state index contributed by atoms with van der Waals surface area (Å²) in [6.45, 7) is 1.74. The number of hydrogen-bond donors (Lipinski definition) is 1. The molecule has 3 rings (SSSR count). The molecule has 1 aliphatic carbocycles. The fourth-order valence-corrected chi connectivity index (χ4v) is 3.13. The van der Waals surface area contributed by atoms with Gasteiger partial charge in [0.25, 0.3) is 0 Å². The molecule has 2 aromatic carbocycles. The van der Waals surface area contributed by atoms with Crippen LogP contribution in [0.3, 0.4) is 0 Å². The number of ether oxygens (including phenoxy) is 1. The number of carbonyl (C=O) groups excluding carboxylic acids is 1. The SMILES string of the molecule is COc1ccc(C(C)NC(=O)C2CC2c2ccc(C(F)(F)F)cc2)cc1F. The van der Waals surface area contributed by atoms with Gasteiger partial charge in [-0.05, 0) is 54.7 Å². The van der Waals surface area contributed by atoms with Crippen LogP contribution in [0, 0.1) is 11.7 Å². The molecular formula is C20H19F4NO2. The monoisotopic (exact) mass is 381 g/mol. The van der Waals surface area contributed by atoms with Crippen LogP contribution in [-0.4, -0.2) is 13.0 Å². The van der Waals surface area contributed by atoms with E-state index in [4.69, 9.17) is 4.74 Å². The molecule has 0 aliphatic heterocycles. The van der Waals surface area contributed by atoms with Crippen LogP contribution in [0.2, 0.25) is 0 Å². The molecule has 0 aromatic heterocycles. The molecule has 0 radical (unpaired) electrons. The number of carbonyl (C=O) groups is 1. The highest BCUT2D eigenvalue weighted by Gasteiger charge is 2.44. The molecule has 2 aromatic rings.